The Bertz CT molecular complexity index is 452. The van der Waals surface area contributed by atoms with Gasteiger partial charge >= 0.3 is 0 Å². The molecule has 84 valence electrons. The molecule has 1 aromatic carbocycles. The van der Waals surface area contributed by atoms with Crippen LogP contribution in [-0.4, -0.2) is 18.6 Å². The zero-order chi connectivity index (χ0) is 11.5. The molecule has 2 rings (SSSR count). The van der Waals surface area contributed by atoms with Crippen LogP contribution in [0.5, 0.6) is 5.75 Å². The smallest absolute Gasteiger partial charge is 0.225 e. The molecule has 0 amide bonds. The first-order valence-corrected chi connectivity index (χ1v) is 5.18. The zero-order valence-electron chi connectivity index (χ0n) is 9.10. The molecule has 0 saturated carbocycles. The van der Waals surface area contributed by atoms with Crippen LogP contribution >= 0.6 is 0 Å². The van der Waals surface area contributed by atoms with Crippen molar-refractivity contribution in [2.45, 2.75) is 12.8 Å². The largest absolute Gasteiger partial charge is 0.496 e. The first kappa shape index (κ1) is 10.7. The third kappa shape index (κ3) is 2.05. The standard InChI is InChI=1S/C12H13NO3/c1-16-12-4-2-3-10-6-5-9(7-11(10)12)8-13(14)15/h2-4,7H,5-6,8H2,1H3. The average Bonchev–Trinajstić information content (AvgIpc) is 2.27. The first-order valence-electron chi connectivity index (χ1n) is 5.18. The zero-order valence-corrected chi connectivity index (χ0v) is 9.10. The number of fused-ring (bicyclic) bond motifs is 1. The molecule has 1 aliphatic carbocycles. The lowest BCUT2D eigenvalue weighted by molar-refractivity contribution is -0.471. The molecule has 0 spiro atoms. The Labute approximate surface area is 93.7 Å². The van der Waals surface area contributed by atoms with Crippen LogP contribution in [-0.2, 0) is 6.42 Å². The topological polar surface area (TPSA) is 52.4 Å². The lowest BCUT2D eigenvalue weighted by atomic mass is 9.91. The van der Waals surface area contributed by atoms with E-state index in [1.54, 1.807) is 7.11 Å². The Morgan fingerprint density at radius 3 is 2.94 bits per heavy atom. The van der Waals surface area contributed by atoms with Crippen LogP contribution in [0.25, 0.3) is 6.08 Å². The van der Waals surface area contributed by atoms with Crippen molar-refractivity contribution in [1.82, 2.24) is 0 Å². The highest BCUT2D eigenvalue weighted by Crippen LogP contribution is 2.30. The van der Waals surface area contributed by atoms with Crippen LogP contribution in [0.2, 0.25) is 0 Å². The normalized spacial score (nSPS) is 13.9. The molecule has 0 bridgehead atoms. The Morgan fingerprint density at radius 2 is 2.25 bits per heavy atom. The summed E-state index contributed by atoms with van der Waals surface area (Å²) in [6.45, 7) is -0.0719. The molecule has 0 aliphatic heterocycles. The average molecular weight is 219 g/mol. The number of hydrogen-bond acceptors (Lipinski definition) is 3. The highest BCUT2D eigenvalue weighted by Gasteiger charge is 2.16. The van der Waals surface area contributed by atoms with Crippen molar-refractivity contribution < 1.29 is 9.66 Å². The van der Waals surface area contributed by atoms with E-state index in [9.17, 15) is 10.1 Å². The van der Waals surface area contributed by atoms with E-state index < -0.39 is 0 Å². The fourth-order valence-electron chi connectivity index (χ4n) is 2.01. The molecule has 0 atom stereocenters. The number of hydrogen-bond donors (Lipinski definition) is 0. The van der Waals surface area contributed by atoms with Crippen LogP contribution in [0.15, 0.2) is 23.8 Å². The molecule has 0 unspecified atom stereocenters. The van der Waals surface area contributed by atoms with Gasteiger partial charge < -0.3 is 4.74 Å². The fraction of sp³-hybridized carbons (Fsp3) is 0.333. The van der Waals surface area contributed by atoms with Crippen LogP contribution in [0.3, 0.4) is 0 Å². The summed E-state index contributed by atoms with van der Waals surface area (Å²) in [5.41, 5.74) is 3.06. The minimum absolute atomic E-state index is 0.0719. The summed E-state index contributed by atoms with van der Waals surface area (Å²) in [6, 6.07) is 5.87. The van der Waals surface area contributed by atoms with Gasteiger partial charge in [-0.05, 0) is 30.5 Å². The van der Waals surface area contributed by atoms with Gasteiger partial charge in [0.15, 0.2) is 0 Å². The molecule has 4 nitrogen and oxygen atoms in total. The van der Waals surface area contributed by atoms with Gasteiger partial charge in [-0.25, -0.2) is 0 Å². The van der Waals surface area contributed by atoms with E-state index in [1.165, 1.54) is 5.56 Å². The minimum Gasteiger partial charge on any atom is -0.496 e. The van der Waals surface area contributed by atoms with Crippen LogP contribution in [0.1, 0.15) is 17.5 Å². The number of aryl methyl sites for hydroxylation is 1. The van der Waals surface area contributed by atoms with Gasteiger partial charge in [-0.2, -0.15) is 0 Å². The van der Waals surface area contributed by atoms with E-state index in [0.29, 0.717) is 0 Å². The van der Waals surface area contributed by atoms with Crippen LogP contribution in [0, 0.1) is 10.1 Å². The van der Waals surface area contributed by atoms with Crippen molar-refractivity contribution in [1.29, 1.82) is 0 Å². The Hall–Kier alpha value is -1.84. The predicted molar refractivity (Wildman–Crippen MR) is 61.2 cm³/mol. The second-order valence-electron chi connectivity index (χ2n) is 3.83. The minimum atomic E-state index is -0.285. The third-order valence-electron chi connectivity index (χ3n) is 2.77. The molecule has 0 radical (unpaired) electrons. The molecule has 1 aromatic rings. The SMILES string of the molecule is COc1cccc2c1C=C(C[N+](=O)[O-])CC2. The van der Waals surface area contributed by atoms with Gasteiger partial charge in [0.1, 0.15) is 5.75 Å². The summed E-state index contributed by atoms with van der Waals surface area (Å²) in [6.07, 6.45) is 3.51. The van der Waals surface area contributed by atoms with E-state index in [1.807, 2.05) is 24.3 Å². The fourth-order valence-corrected chi connectivity index (χ4v) is 2.01. The monoisotopic (exact) mass is 219 g/mol. The molecular weight excluding hydrogens is 206 g/mol. The first-order chi connectivity index (χ1) is 7.70. The van der Waals surface area contributed by atoms with Gasteiger partial charge in [0.2, 0.25) is 6.54 Å². The quantitative estimate of drug-likeness (QED) is 0.579. The Kier molecular flexibility index (Phi) is 2.90. The van der Waals surface area contributed by atoms with Gasteiger partial charge in [-0.1, -0.05) is 12.1 Å². The lowest BCUT2D eigenvalue weighted by Crippen LogP contribution is -2.09. The van der Waals surface area contributed by atoms with E-state index in [0.717, 1.165) is 29.7 Å². The molecule has 0 aromatic heterocycles. The molecule has 0 fully saturated rings. The second-order valence-corrected chi connectivity index (χ2v) is 3.83. The maximum Gasteiger partial charge on any atom is 0.225 e. The summed E-state index contributed by atoms with van der Waals surface area (Å²) in [5.74, 6) is 0.790. The number of methoxy groups -OCH3 is 1. The van der Waals surface area contributed by atoms with Crippen molar-refractivity contribution in [3.8, 4) is 5.75 Å². The van der Waals surface area contributed by atoms with E-state index >= 15 is 0 Å². The van der Waals surface area contributed by atoms with Crippen LogP contribution < -0.4 is 4.74 Å². The maximum atomic E-state index is 10.5. The number of benzene rings is 1. The summed E-state index contributed by atoms with van der Waals surface area (Å²) < 4.78 is 5.25. The Morgan fingerprint density at radius 1 is 1.44 bits per heavy atom. The Balaban J connectivity index is 2.37. The van der Waals surface area contributed by atoms with Gasteiger partial charge in [0.25, 0.3) is 0 Å². The van der Waals surface area contributed by atoms with Crippen LogP contribution in [0.4, 0.5) is 0 Å². The molecule has 0 saturated heterocycles. The molecule has 0 heterocycles. The molecule has 16 heavy (non-hydrogen) atoms. The van der Waals surface area contributed by atoms with Crippen molar-refractivity contribution in [3.05, 3.63) is 45.0 Å². The van der Waals surface area contributed by atoms with E-state index in [-0.39, 0.29) is 11.5 Å². The highest BCUT2D eigenvalue weighted by molar-refractivity contribution is 5.65. The summed E-state index contributed by atoms with van der Waals surface area (Å²) in [5, 5.41) is 10.5. The van der Waals surface area contributed by atoms with Crippen molar-refractivity contribution >= 4 is 6.08 Å². The highest BCUT2D eigenvalue weighted by atomic mass is 16.6. The summed E-state index contributed by atoms with van der Waals surface area (Å²) >= 11 is 0. The number of nitrogens with zero attached hydrogens (tertiary/aromatic N) is 1. The van der Waals surface area contributed by atoms with E-state index in [4.69, 9.17) is 4.74 Å². The van der Waals surface area contributed by atoms with Crippen molar-refractivity contribution in [3.63, 3.8) is 0 Å². The van der Waals surface area contributed by atoms with Gasteiger partial charge in [0.05, 0.1) is 7.11 Å². The number of nitro groups is 1. The van der Waals surface area contributed by atoms with Gasteiger partial charge in [0, 0.05) is 16.1 Å². The summed E-state index contributed by atoms with van der Waals surface area (Å²) in [4.78, 5) is 10.2. The van der Waals surface area contributed by atoms with Crippen molar-refractivity contribution in [2.24, 2.45) is 0 Å². The maximum absolute atomic E-state index is 10.5. The lowest BCUT2D eigenvalue weighted by Gasteiger charge is -2.16. The molecule has 0 N–H and O–H groups in total. The number of ether oxygens (including phenoxy) is 1. The van der Waals surface area contributed by atoms with Gasteiger partial charge in [-0.3, -0.25) is 10.1 Å². The van der Waals surface area contributed by atoms with E-state index in [2.05, 4.69) is 0 Å². The third-order valence-corrected chi connectivity index (χ3v) is 2.77. The molecular formula is C12H13NO3. The summed E-state index contributed by atoms with van der Waals surface area (Å²) in [7, 11) is 1.62. The van der Waals surface area contributed by atoms with Crippen molar-refractivity contribution in [2.75, 3.05) is 13.7 Å². The number of rotatable bonds is 3. The molecule has 1 aliphatic rings. The predicted octanol–water partition coefficient (Wildman–Crippen LogP) is 2.30. The molecule has 4 heteroatoms. The van der Waals surface area contributed by atoms with Gasteiger partial charge in [-0.15, -0.1) is 0 Å². The second kappa shape index (κ2) is 4.35.